The van der Waals surface area contributed by atoms with Crippen LogP contribution in [0.2, 0.25) is 0 Å². The van der Waals surface area contributed by atoms with E-state index in [9.17, 15) is 9.18 Å². The Bertz CT molecular complexity index is 490. The lowest BCUT2D eigenvalue weighted by Gasteiger charge is -2.26. The van der Waals surface area contributed by atoms with Gasteiger partial charge in [-0.2, -0.15) is 0 Å². The van der Waals surface area contributed by atoms with Gasteiger partial charge < -0.3 is 20.9 Å². The summed E-state index contributed by atoms with van der Waals surface area (Å²) in [5.74, 6) is -1.96. The number of carboxylic acid groups (broad SMARTS) is 1. The van der Waals surface area contributed by atoms with E-state index in [4.69, 9.17) is 15.6 Å². The number of morpholine rings is 1. The number of carboxylic acids is 1. The number of benzene rings is 1. The number of nitrogens with zero attached hydrogens (tertiary/aromatic N) is 1. The Kier molecular flexibility index (Phi) is 4.75. The van der Waals surface area contributed by atoms with Crippen molar-refractivity contribution in [2.45, 2.75) is 0 Å². The summed E-state index contributed by atoms with van der Waals surface area (Å²) < 4.78 is 18.5. The predicted octanol–water partition coefficient (Wildman–Crippen LogP) is 0.850. The molecular formula is C13H18FN3O3. The number of nitrogens with one attached hydrogen (secondary N) is 1. The van der Waals surface area contributed by atoms with Crippen LogP contribution in [0.3, 0.4) is 0 Å². The van der Waals surface area contributed by atoms with Crippen LogP contribution in [0.5, 0.6) is 0 Å². The molecule has 0 amide bonds. The van der Waals surface area contributed by atoms with Crippen molar-refractivity contribution in [1.82, 2.24) is 4.90 Å². The first kappa shape index (κ1) is 14.5. The molecule has 1 aliphatic heterocycles. The van der Waals surface area contributed by atoms with E-state index in [0.717, 1.165) is 19.6 Å². The number of nitrogen functional groups attached to an aromatic ring is 1. The fourth-order valence-electron chi connectivity index (χ4n) is 2.15. The van der Waals surface area contributed by atoms with Crippen LogP contribution in [-0.4, -0.2) is 55.4 Å². The van der Waals surface area contributed by atoms with Crippen LogP contribution in [0.15, 0.2) is 12.1 Å². The standard InChI is InChI=1S/C13H18FN3O3/c14-9-1-2-10(11(12(9)15)13(18)19)16-3-4-17-5-7-20-8-6-17/h1-2,16H,3-8,15H2,(H,18,19). The van der Waals surface area contributed by atoms with Gasteiger partial charge in [0.2, 0.25) is 0 Å². The van der Waals surface area contributed by atoms with Crippen molar-refractivity contribution in [2.24, 2.45) is 0 Å². The summed E-state index contributed by atoms with van der Waals surface area (Å²) >= 11 is 0. The number of aromatic carboxylic acids is 1. The average molecular weight is 283 g/mol. The van der Waals surface area contributed by atoms with E-state index in [0.29, 0.717) is 25.4 Å². The third kappa shape index (κ3) is 3.37. The Morgan fingerprint density at radius 3 is 2.80 bits per heavy atom. The second-order valence-electron chi connectivity index (χ2n) is 4.57. The van der Waals surface area contributed by atoms with E-state index in [1.54, 1.807) is 0 Å². The van der Waals surface area contributed by atoms with Gasteiger partial charge in [0.05, 0.1) is 24.6 Å². The average Bonchev–Trinajstić information content (AvgIpc) is 2.43. The number of hydrogen-bond acceptors (Lipinski definition) is 5. The van der Waals surface area contributed by atoms with Gasteiger partial charge in [-0.3, -0.25) is 4.90 Å². The first-order valence-corrected chi connectivity index (χ1v) is 6.45. The van der Waals surface area contributed by atoms with Crippen LogP contribution in [0.25, 0.3) is 0 Å². The first-order valence-electron chi connectivity index (χ1n) is 6.45. The number of carbonyl (C=O) groups is 1. The lowest BCUT2D eigenvalue weighted by molar-refractivity contribution is 0.0398. The highest BCUT2D eigenvalue weighted by Gasteiger charge is 2.17. The molecule has 20 heavy (non-hydrogen) atoms. The minimum absolute atomic E-state index is 0.216. The molecule has 6 nitrogen and oxygen atoms in total. The van der Waals surface area contributed by atoms with Gasteiger partial charge in [0.15, 0.2) is 0 Å². The van der Waals surface area contributed by atoms with E-state index in [-0.39, 0.29) is 11.3 Å². The largest absolute Gasteiger partial charge is 0.478 e. The number of hydrogen-bond donors (Lipinski definition) is 3. The fourth-order valence-corrected chi connectivity index (χ4v) is 2.15. The topological polar surface area (TPSA) is 87.8 Å². The maximum atomic E-state index is 13.3. The summed E-state index contributed by atoms with van der Waals surface area (Å²) in [4.78, 5) is 13.4. The fraction of sp³-hybridized carbons (Fsp3) is 0.462. The summed E-state index contributed by atoms with van der Waals surface area (Å²) in [6.07, 6.45) is 0. The van der Waals surface area contributed by atoms with Gasteiger partial charge in [0.25, 0.3) is 0 Å². The molecule has 0 saturated carbocycles. The molecule has 0 aromatic heterocycles. The maximum absolute atomic E-state index is 13.3. The van der Waals surface area contributed by atoms with Gasteiger partial charge in [-0.15, -0.1) is 0 Å². The maximum Gasteiger partial charge on any atom is 0.340 e. The lowest BCUT2D eigenvalue weighted by Crippen LogP contribution is -2.39. The van der Waals surface area contributed by atoms with Crippen molar-refractivity contribution >= 4 is 17.3 Å². The Hall–Kier alpha value is -1.86. The molecule has 7 heteroatoms. The molecule has 1 aliphatic rings. The third-order valence-electron chi connectivity index (χ3n) is 3.25. The summed E-state index contributed by atoms with van der Waals surface area (Å²) in [7, 11) is 0. The number of nitrogens with two attached hydrogens (primary N) is 1. The summed E-state index contributed by atoms with van der Waals surface area (Å²) in [6, 6.07) is 2.56. The van der Waals surface area contributed by atoms with Gasteiger partial charge in [-0.1, -0.05) is 0 Å². The Morgan fingerprint density at radius 1 is 1.45 bits per heavy atom. The second kappa shape index (κ2) is 6.53. The summed E-state index contributed by atoms with van der Waals surface area (Å²) in [5.41, 5.74) is 5.26. The number of rotatable bonds is 5. The monoisotopic (exact) mass is 283 g/mol. The van der Waals surface area contributed by atoms with Crippen LogP contribution in [-0.2, 0) is 4.74 Å². The van der Waals surface area contributed by atoms with Crippen LogP contribution < -0.4 is 11.1 Å². The minimum atomic E-state index is -1.24. The van der Waals surface area contributed by atoms with E-state index < -0.39 is 11.8 Å². The quantitative estimate of drug-likeness (QED) is 0.694. The van der Waals surface area contributed by atoms with E-state index in [1.807, 2.05) is 0 Å². The van der Waals surface area contributed by atoms with Crippen molar-refractivity contribution in [3.63, 3.8) is 0 Å². The number of halogens is 1. The highest BCUT2D eigenvalue weighted by atomic mass is 19.1. The highest BCUT2D eigenvalue weighted by molar-refractivity contribution is 6.00. The van der Waals surface area contributed by atoms with Gasteiger partial charge in [0.1, 0.15) is 11.4 Å². The normalized spacial score (nSPS) is 16.1. The van der Waals surface area contributed by atoms with Gasteiger partial charge in [-0.05, 0) is 12.1 Å². The molecule has 0 bridgehead atoms. The highest BCUT2D eigenvalue weighted by Crippen LogP contribution is 2.24. The van der Waals surface area contributed by atoms with Crippen LogP contribution in [0.4, 0.5) is 15.8 Å². The predicted molar refractivity (Wildman–Crippen MR) is 73.5 cm³/mol. The first-order chi connectivity index (χ1) is 9.59. The van der Waals surface area contributed by atoms with Crippen molar-refractivity contribution in [1.29, 1.82) is 0 Å². The van der Waals surface area contributed by atoms with E-state index in [1.165, 1.54) is 12.1 Å². The molecule has 1 saturated heterocycles. The zero-order chi connectivity index (χ0) is 14.5. The van der Waals surface area contributed by atoms with E-state index >= 15 is 0 Å². The SMILES string of the molecule is Nc1c(F)ccc(NCCN2CCOCC2)c1C(=O)O. The summed E-state index contributed by atoms with van der Waals surface area (Å²) in [5, 5.41) is 12.1. The smallest absolute Gasteiger partial charge is 0.340 e. The minimum Gasteiger partial charge on any atom is -0.478 e. The summed E-state index contributed by atoms with van der Waals surface area (Å²) in [6.45, 7) is 4.47. The lowest BCUT2D eigenvalue weighted by atomic mass is 10.1. The molecule has 1 fully saturated rings. The molecule has 0 spiro atoms. The van der Waals surface area contributed by atoms with Crippen LogP contribution in [0.1, 0.15) is 10.4 Å². The Morgan fingerprint density at radius 2 is 2.15 bits per heavy atom. The molecule has 1 aromatic rings. The zero-order valence-electron chi connectivity index (χ0n) is 11.1. The molecule has 110 valence electrons. The van der Waals surface area contributed by atoms with E-state index in [2.05, 4.69) is 10.2 Å². The van der Waals surface area contributed by atoms with Gasteiger partial charge in [0, 0.05) is 26.2 Å². The van der Waals surface area contributed by atoms with Gasteiger partial charge >= 0.3 is 5.97 Å². The molecule has 0 radical (unpaired) electrons. The molecule has 0 unspecified atom stereocenters. The third-order valence-corrected chi connectivity index (χ3v) is 3.25. The molecule has 0 atom stereocenters. The zero-order valence-corrected chi connectivity index (χ0v) is 11.1. The van der Waals surface area contributed by atoms with Crippen LogP contribution in [0, 0.1) is 5.82 Å². The van der Waals surface area contributed by atoms with Crippen molar-refractivity contribution in [2.75, 3.05) is 50.4 Å². The molecular weight excluding hydrogens is 265 g/mol. The molecule has 2 rings (SSSR count). The molecule has 1 heterocycles. The van der Waals surface area contributed by atoms with Crippen molar-refractivity contribution < 1.29 is 19.0 Å². The second-order valence-corrected chi connectivity index (χ2v) is 4.57. The Labute approximate surface area is 116 Å². The Balaban J connectivity index is 1.98. The number of anilines is 2. The van der Waals surface area contributed by atoms with Crippen molar-refractivity contribution in [3.05, 3.63) is 23.5 Å². The molecule has 1 aromatic carbocycles. The van der Waals surface area contributed by atoms with Gasteiger partial charge in [-0.25, -0.2) is 9.18 Å². The van der Waals surface area contributed by atoms with Crippen molar-refractivity contribution in [3.8, 4) is 0 Å². The van der Waals surface area contributed by atoms with Crippen LogP contribution >= 0.6 is 0 Å². The molecule has 0 aliphatic carbocycles. The number of ether oxygens (including phenoxy) is 1. The molecule has 4 N–H and O–H groups in total.